The van der Waals surface area contributed by atoms with E-state index < -0.39 is 0 Å². The van der Waals surface area contributed by atoms with E-state index in [0.717, 1.165) is 35.1 Å². The molecule has 2 aromatic carbocycles. The minimum Gasteiger partial charge on any atom is -0.322 e. The molecule has 2 N–H and O–H groups in total. The Balaban J connectivity index is 0.00000280. The van der Waals surface area contributed by atoms with Crippen LogP contribution in [-0.4, -0.2) is 34.3 Å². The molecule has 0 atom stereocenters. The lowest BCUT2D eigenvalue weighted by molar-refractivity contribution is -0.125. The molecule has 8 heteroatoms. The molecule has 2 aromatic rings. The lowest BCUT2D eigenvalue weighted by Gasteiger charge is -2.14. The molecule has 3 amide bonds. The van der Waals surface area contributed by atoms with E-state index in [1.54, 1.807) is 24.3 Å². The Morgan fingerprint density at radius 3 is 2.64 bits per heavy atom. The Hall–Kier alpha value is -2.35. The minimum absolute atomic E-state index is 0. The van der Waals surface area contributed by atoms with Gasteiger partial charge in [0.2, 0.25) is 5.91 Å². The Labute approximate surface area is 174 Å². The highest BCUT2D eigenvalue weighted by molar-refractivity contribution is 8.14. The van der Waals surface area contributed by atoms with Crippen molar-refractivity contribution in [2.45, 2.75) is 20.0 Å². The molecule has 0 aromatic heterocycles. The molecule has 28 heavy (non-hydrogen) atoms. The van der Waals surface area contributed by atoms with Crippen LogP contribution in [0.1, 0.15) is 28.4 Å². The second-order valence-corrected chi connectivity index (χ2v) is 7.05. The van der Waals surface area contributed by atoms with Gasteiger partial charge in [0.1, 0.15) is 0 Å². The van der Waals surface area contributed by atoms with Crippen LogP contribution in [0, 0.1) is 0 Å². The smallest absolute Gasteiger partial charge is 0.289 e. The van der Waals surface area contributed by atoms with Gasteiger partial charge in [-0.1, -0.05) is 49.0 Å². The number of imide groups is 1. The Morgan fingerprint density at radius 1 is 1.14 bits per heavy atom. The molecule has 1 aliphatic rings. The molecule has 0 aliphatic carbocycles. The largest absolute Gasteiger partial charge is 0.322 e. The number of nitrogens with one attached hydrogen (secondary N) is 2. The molecule has 0 radical (unpaired) electrons. The summed E-state index contributed by atoms with van der Waals surface area (Å²) in [7, 11) is 0. The summed E-state index contributed by atoms with van der Waals surface area (Å²) in [6, 6.07) is 14.6. The number of benzene rings is 2. The lowest BCUT2D eigenvalue weighted by Crippen LogP contribution is -2.28. The van der Waals surface area contributed by atoms with E-state index in [-0.39, 0.29) is 41.8 Å². The van der Waals surface area contributed by atoms with Crippen LogP contribution in [0.15, 0.2) is 48.5 Å². The molecular weight excluding hydrogens is 398 g/mol. The monoisotopic (exact) mass is 419 g/mol. The van der Waals surface area contributed by atoms with Crippen LogP contribution in [0.25, 0.3) is 0 Å². The minimum atomic E-state index is -0.243. The van der Waals surface area contributed by atoms with E-state index in [2.05, 4.69) is 10.6 Å². The number of amides is 3. The fourth-order valence-corrected chi connectivity index (χ4v) is 3.50. The summed E-state index contributed by atoms with van der Waals surface area (Å²) in [5.41, 5.74) is 2.99. The van der Waals surface area contributed by atoms with E-state index in [9.17, 15) is 14.4 Å². The molecule has 1 fully saturated rings. The fourth-order valence-electron chi connectivity index (χ4n) is 2.78. The van der Waals surface area contributed by atoms with Crippen molar-refractivity contribution in [3.8, 4) is 0 Å². The summed E-state index contributed by atoms with van der Waals surface area (Å²) in [6.07, 6.45) is 0. The van der Waals surface area contributed by atoms with Gasteiger partial charge >= 0.3 is 0 Å². The first-order valence-electron chi connectivity index (χ1n) is 8.74. The molecule has 0 unspecified atom stereocenters. The SMILES string of the molecule is CCNCc1ccccc1NC(=O)c1cccc(CN2C(=O)CSC2=O)c1.Cl. The van der Waals surface area contributed by atoms with Crippen molar-refractivity contribution in [3.05, 3.63) is 65.2 Å². The van der Waals surface area contributed by atoms with Crippen LogP contribution in [0.4, 0.5) is 10.5 Å². The van der Waals surface area contributed by atoms with Crippen molar-refractivity contribution in [1.29, 1.82) is 0 Å². The van der Waals surface area contributed by atoms with Crippen molar-refractivity contribution in [2.75, 3.05) is 17.6 Å². The maximum absolute atomic E-state index is 12.7. The van der Waals surface area contributed by atoms with Crippen molar-refractivity contribution in [1.82, 2.24) is 10.2 Å². The van der Waals surface area contributed by atoms with Gasteiger partial charge in [-0.3, -0.25) is 19.3 Å². The number of carbonyl (C=O) groups excluding carboxylic acids is 3. The van der Waals surface area contributed by atoms with Gasteiger partial charge in [0.05, 0.1) is 12.3 Å². The van der Waals surface area contributed by atoms with Crippen molar-refractivity contribution in [3.63, 3.8) is 0 Å². The Morgan fingerprint density at radius 2 is 1.93 bits per heavy atom. The third-order valence-corrected chi connectivity index (χ3v) is 5.06. The van der Waals surface area contributed by atoms with Crippen molar-refractivity contribution in [2.24, 2.45) is 0 Å². The molecule has 3 rings (SSSR count). The van der Waals surface area contributed by atoms with E-state index in [0.29, 0.717) is 12.1 Å². The van der Waals surface area contributed by atoms with Gasteiger partial charge in [-0.2, -0.15) is 0 Å². The third kappa shape index (κ3) is 5.34. The number of rotatable bonds is 7. The normalized spacial score (nSPS) is 13.4. The van der Waals surface area contributed by atoms with Crippen LogP contribution in [0.2, 0.25) is 0 Å². The van der Waals surface area contributed by atoms with Crippen LogP contribution in [-0.2, 0) is 17.9 Å². The zero-order chi connectivity index (χ0) is 19.2. The fraction of sp³-hybridized carbons (Fsp3) is 0.250. The van der Waals surface area contributed by atoms with Gasteiger partial charge in [-0.15, -0.1) is 12.4 Å². The average molecular weight is 420 g/mol. The average Bonchev–Trinajstić information content (AvgIpc) is 2.99. The van der Waals surface area contributed by atoms with Crippen LogP contribution >= 0.6 is 24.2 Å². The zero-order valence-corrected chi connectivity index (χ0v) is 17.1. The first kappa shape index (κ1) is 21.9. The number of nitrogens with zero attached hydrogens (tertiary/aromatic N) is 1. The maximum atomic E-state index is 12.7. The molecule has 148 valence electrons. The molecule has 1 heterocycles. The number of para-hydroxylation sites is 1. The second-order valence-electron chi connectivity index (χ2n) is 6.13. The molecule has 0 spiro atoms. The predicted octanol–water partition coefficient (Wildman–Crippen LogP) is 3.67. The van der Waals surface area contributed by atoms with Crippen molar-refractivity contribution < 1.29 is 14.4 Å². The number of hydrogen-bond acceptors (Lipinski definition) is 5. The summed E-state index contributed by atoms with van der Waals surface area (Å²) in [6.45, 7) is 3.73. The van der Waals surface area contributed by atoms with Crippen LogP contribution < -0.4 is 10.6 Å². The topological polar surface area (TPSA) is 78.5 Å². The zero-order valence-electron chi connectivity index (χ0n) is 15.4. The van der Waals surface area contributed by atoms with Gasteiger partial charge in [-0.05, 0) is 35.9 Å². The van der Waals surface area contributed by atoms with E-state index >= 15 is 0 Å². The van der Waals surface area contributed by atoms with Gasteiger partial charge < -0.3 is 10.6 Å². The predicted molar refractivity (Wildman–Crippen MR) is 114 cm³/mol. The molecule has 1 aliphatic heterocycles. The molecule has 0 bridgehead atoms. The highest BCUT2D eigenvalue weighted by Gasteiger charge is 2.29. The summed E-state index contributed by atoms with van der Waals surface area (Å²) in [4.78, 5) is 37.4. The number of anilines is 1. The first-order chi connectivity index (χ1) is 13.1. The Kier molecular flexibility index (Phi) is 8.04. The number of halogens is 1. The summed E-state index contributed by atoms with van der Waals surface area (Å²) < 4.78 is 0. The van der Waals surface area contributed by atoms with E-state index in [4.69, 9.17) is 0 Å². The Bertz CT molecular complexity index is 859. The maximum Gasteiger partial charge on any atom is 0.289 e. The standard InChI is InChI=1S/C20H21N3O3S.ClH/c1-2-21-11-16-7-3-4-9-17(16)22-19(25)15-8-5-6-14(10-15)12-23-18(24)13-27-20(23)26;/h3-10,21H,2,11-13H2,1H3,(H,22,25);1H. The van der Waals surface area contributed by atoms with Crippen molar-refractivity contribution >= 4 is 46.9 Å². The van der Waals surface area contributed by atoms with Gasteiger partial charge in [0.25, 0.3) is 11.1 Å². The summed E-state index contributed by atoms with van der Waals surface area (Å²) >= 11 is 1.01. The summed E-state index contributed by atoms with van der Waals surface area (Å²) in [5, 5.41) is 5.95. The van der Waals surface area contributed by atoms with E-state index in [1.807, 2.05) is 31.2 Å². The van der Waals surface area contributed by atoms with Crippen LogP contribution in [0.3, 0.4) is 0 Å². The van der Waals surface area contributed by atoms with Gasteiger partial charge in [-0.25, -0.2) is 0 Å². The lowest BCUT2D eigenvalue weighted by atomic mass is 10.1. The molecule has 0 saturated carbocycles. The number of carbonyl (C=O) groups is 3. The van der Waals surface area contributed by atoms with Gasteiger partial charge in [0, 0.05) is 17.8 Å². The molecular formula is C20H22ClN3O3S. The van der Waals surface area contributed by atoms with Gasteiger partial charge in [0.15, 0.2) is 0 Å². The quantitative estimate of drug-likeness (QED) is 0.715. The van der Waals surface area contributed by atoms with E-state index in [1.165, 1.54) is 4.90 Å². The number of thioether (sulfide) groups is 1. The first-order valence-corrected chi connectivity index (χ1v) is 9.73. The third-order valence-electron chi connectivity index (χ3n) is 4.20. The summed E-state index contributed by atoms with van der Waals surface area (Å²) in [5.74, 6) is -0.242. The van der Waals surface area contributed by atoms with Crippen LogP contribution in [0.5, 0.6) is 0 Å². The molecule has 6 nitrogen and oxygen atoms in total. The highest BCUT2D eigenvalue weighted by Crippen LogP contribution is 2.22. The number of hydrogen-bond donors (Lipinski definition) is 2. The molecule has 1 saturated heterocycles. The second kappa shape index (κ2) is 10.3. The highest BCUT2D eigenvalue weighted by atomic mass is 35.5.